The number of aryl methyl sites for hydroxylation is 3. The maximum absolute atomic E-state index is 13.1. The van der Waals surface area contributed by atoms with Crippen molar-refractivity contribution >= 4 is 22.9 Å². The van der Waals surface area contributed by atoms with Crippen LogP contribution in [0.3, 0.4) is 0 Å². The number of benzene rings is 1. The smallest absolute Gasteiger partial charge is 0.259 e. The van der Waals surface area contributed by atoms with E-state index in [1.54, 1.807) is 18.4 Å². The number of ether oxygens (including phenoxy) is 1. The fourth-order valence-electron chi connectivity index (χ4n) is 3.21. The molecule has 0 spiro atoms. The molecule has 0 fully saturated rings. The van der Waals surface area contributed by atoms with Crippen molar-refractivity contribution in [2.75, 3.05) is 18.6 Å². The number of amides is 1. The Balaban J connectivity index is 2.10. The lowest BCUT2D eigenvalue weighted by molar-refractivity contribution is 0.0984. The summed E-state index contributed by atoms with van der Waals surface area (Å²) in [4.78, 5) is 17.2. The third-order valence-corrected chi connectivity index (χ3v) is 5.26. The molecule has 1 amide bonds. The third kappa shape index (κ3) is 2.41. The number of fused-ring (bicyclic) bond motifs is 1. The number of thiophene rings is 1. The summed E-state index contributed by atoms with van der Waals surface area (Å²) in [6.07, 6.45) is 2.00. The van der Waals surface area contributed by atoms with Crippen molar-refractivity contribution in [2.24, 2.45) is 0 Å². The zero-order valence-electron chi connectivity index (χ0n) is 13.5. The molecule has 2 heterocycles. The highest BCUT2D eigenvalue weighted by Crippen LogP contribution is 2.39. The van der Waals surface area contributed by atoms with Crippen molar-refractivity contribution in [1.29, 1.82) is 0 Å². The number of nitrogens with zero attached hydrogens (tertiary/aromatic N) is 1. The van der Waals surface area contributed by atoms with Crippen LogP contribution in [-0.2, 0) is 6.42 Å². The molecule has 3 nitrogen and oxygen atoms in total. The van der Waals surface area contributed by atoms with Gasteiger partial charge in [0.05, 0.1) is 18.4 Å². The third-order valence-electron chi connectivity index (χ3n) is 4.29. The van der Waals surface area contributed by atoms with Crippen LogP contribution in [0.15, 0.2) is 18.2 Å². The predicted molar refractivity (Wildman–Crippen MR) is 91.5 cm³/mol. The summed E-state index contributed by atoms with van der Waals surface area (Å²) in [7, 11) is 1.67. The molecule has 3 rings (SSSR count). The number of carbonyl (C=O) groups excluding carboxylic acids is 1. The Bertz CT molecular complexity index is 733. The molecule has 0 radical (unpaired) electrons. The van der Waals surface area contributed by atoms with Gasteiger partial charge in [-0.05, 0) is 56.9 Å². The quantitative estimate of drug-likeness (QED) is 0.828. The van der Waals surface area contributed by atoms with Gasteiger partial charge in [-0.15, -0.1) is 11.3 Å². The summed E-state index contributed by atoms with van der Waals surface area (Å²) in [6, 6.07) is 6.04. The van der Waals surface area contributed by atoms with Crippen molar-refractivity contribution < 1.29 is 9.53 Å². The van der Waals surface area contributed by atoms with Crippen molar-refractivity contribution in [2.45, 2.75) is 33.6 Å². The van der Waals surface area contributed by atoms with E-state index in [-0.39, 0.29) is 5.91 Å². The maximum Gasteiger partial charge on any atom is 0.259 e. The first-order valence-electron chi connectivity index (χ1n) is 7.58. The van der Waals surface area contributed by atoms with Crippen molar-refractivity contribution in [3.05, 3.63) is 44.6 Å². The summed E-state index contributed by atoms with van der Waals surface area (Å²) in [6.45, 7) is 6.92. The molecule has 1 aromatic heterocycles. The molecule has 1 aliphatic rings. The van der Waals surface area contributed by atoms with E-state index in [0.29, 0.717) is 0 Å². The van der Waals surface area contributed by atoms with Gasteiger partial charge >= 0.3 is 0 Å². The van der Waals surface area contributed by atoms with Crippen LogP contribution < -0.4 is 9.64 Å². The summed E-state index contributed by atoms with van der Waals surface area (Å²) >= 11 is 1.68. The standard InChI is InChI=1S/C18H21NO2S/c1-11-7-8-16(21-4)17-14(11)6-5-9-19(17)18(20)15-10-12(2)22-13(15)3/h7-8,10H,5-6,9H2,1-4H3. The minimum absolute atomic E-state index is 0.0895. The monoisotopic (exact) mass is 315 g/mol. The summed E-state index contributed by atoms with van der Waals surface area (Å²) < 4.78 is 5.53. The van der Waals surface area contributed by atoms with Crippen LogP contribution in [0, 0.1) is 20.8 Å². The fraction of sp³-hybridized carbons (Fsp3) is 0.389. The Morgan fingerprint density at radius 1 is 1.27 bits per heavy atom. The second-order valence-corrected chi connectivity index (χ2v) is 7.26. The SMILES string of the molecule is COc1ccc(C)c2c1N(C(=O)c1cc(C)sc1C)CCC2. The number of hydrogen-bond acceptors (Lipinski definition) is 3. The van der Waals surface area contributed by atoms with Crippen LogP contribution in [0.2, 0.25) is 0 Å². The normalized spacial score (nSPS) is 13.9. The molecular weight excluding hydrogens is 294 g/mol. The first kappa shape index (κ1) is 15.1. The van der Waals surface area contributed by atoms with Gasteiger partial charge in [0.15, 0.2) is 0 Å². The van der Waals surface area contributed by atoms with Crippen molar-refractivity contribution in [3.63, 3.8) is 0 Å². The number of hydrogen-bond donors (Lipinski definition) is 0. The molecule has 0 saturated heterocycles. The van der Waals surface area contributed by atoms with Crippen LogP contribution in [0.1, 0.15) is 37.7 Å². The Morgan fingerprint density at radius 3 is 2.68 bits per heavy atom. The Morgan fingerprint density at radius 2 is 2.05 bits per heavy atom. The Labute approximate surface area is 135 Å². The van der Waals surface area contributed by atoms with E-state index >= 15 is 0 Å². The van der Waals surface area contributed by atoms with E-state index in [1.165, 1.54) is 16.0 Å². The lowest BCUT2D eigenvalue weighted by atomic mass is 9.95. The van der Waals surface area contributed by atoms with Gasteiger partial charge in [-0.3, -0.25) is 4.79 Å². The molecule has 1 aromatic carbocycles. The average molecular weight is 315 g/mol. The van der Waals surface area contributed by atoms with Crippen LogP contribution in [0.25, 0.3) is 0 Å². The zero-order valence-corrected chi connectivity index (χ0v) is 14.3. The second kappa shape index (κ2) is 5.76. The Hall–Kier alpha value is -1.81. The van der Waals surface area contributed by atoms with Crippen LogP contribution in [0.5, 0.6) is 5.75 Å². The predicted octanol–water partition coefficient (Wildman–Crippen LogP) is 4.27. The number of anilines is 1. The highest BCUT2D eigenvalue weighted by atomic mass is 32.1. The summed E-state index contributed by atoms with van der Waals surface area (Å²) in [5.41, 5.74) is 4.25. The van der Waals surface area contributed by atoms with Gasteiger partial charge in [0.25, 0.3) is 5.91 Å². The molecule has 1 aliphatic heterocycles. The Kier molecular flexibility index (Phi) is 3.96. The van der Waals surface area contributed by atoms with Gasteiger partial charge < -0.3 is 9.64 Å². The van der Waals surface area contributed by atoms with Crippen LogP contribution in [-0.4, -0.2) is 19.6 Å². The van der Waals surface area contributed by atoms with E-state index in [4.69, 9.17) is 4.74 Å². The van der Waals surface area contributed by atoms with E-state index in [9.17, 15) is 4.79 Å². The molecule has 22 heavy (non-hydrogen) atoms. The van der Waals surface area contributed by atoms with Crippen LogP contribution in [0.4, 0.5) is 5.69 Å². The summed E-state index contributed by atoms with van der Waals surface area (Å²) in [5, 5.41) is 0. The minimum Gasteiger partial charge on any atom is -0.495 e. The second-order valence-electron chi connectivity index (χ2n) is 5.80. The first-order valence-corrected chi connectivity index (χ1v) is 8.40. The lowest BCUT2D eigenvalue weighted by Gasteiger charge is -2.32. The molecule has 0 saturated carbocycles. The number of rotatable bonds is 2. The van der Waals surface area contributed by atoms with Gasteiger partial charge in [0.2, 0.25) is 0 Å². The molecule has 0 bridgehead atoms. The highest BCUT2D eigenvalue weighted by Gasteiger charge is 2.29. The number of methoxy groups -OCH3 is 1. The van der Waals surface area contributed by atoms with Crippen LogP contribution >= 0.6 is 11.3 Å². The van der Waals surface area contributed by atoms with E-state index in [1.807, 2.05) is 30.9 Å². The fourth-order valence-corrected chi connectivity index (χ4v) is 4.13. The molecule has 0 N–H and O–H groups in total. The molecule has 0 unspecified atom stereocenters. The molecule has 2 aromatic rings. The first-order chi connectivity index (χ1) is 10.5. The maximum atomic E-state index is 13.1. The molecular formula is C18H21NO2S. The van der Waals surface area contributed by atoms with E-state index < -0.39 is 0 Å². The summed E-state index contributed by atoms with van der Waals surface area (Å²) in [5.74, 6) is 0.880. The zero-order chi connectivity index (χ0) is 15.9. The number of carbonyl (C=O) groups is 1. The van der Waals surface area contributed by atoms with Gasteiger partial charge in [-0.2, -0.15) is 0 Å². The molecule has 116 valence electrons. The van der Waals surface area contributed by atoms with Gasteiger partial charge in [0, 0.05) is 16.3 Å². The highest BCUT2D eigenvalue weighted by molar-refractivity contribution is 7.12. The molecule has 0 atom stereocenters. The van der Waals surface area contributed by atoms with E-state index in [2.05, 4.69) is 13.0 Å². The average Bonchev–Trinajstić information content (AvgIpc) is 2.85. The van der Waals surface area contributed by atoms with Gasteiger partial charge in [0.1, 0.15) is 5.75 Å². The lowest BCUT2D eigenvalue weighted by Crippen LogP contribution is -2.36. The molecule has 0 aliphatic carbocycles. The van der Waals surface area contributed by atoms with Crippen molar-refractivity contribution in [3.8, 4) is 5.75 Å². The van der Waals surface area contributed by atoms with Crippen molar-refractivity contribution in [1.82, 2.24) is 0 Å². The largest absolute Gasteiger partial charge is 0.495 e. The van der Waals surface area contributed by atoms with E-state index in [0.717, 1.165) is 41.3 Å². The minimum atomic E-state index is 0.0895. The van der Waals surface area contributed by atoms with Gasteiger partial charge in [-0.1, -0.05) is 6.07 Å². The molecule has 4 heteroatoms. The van der Waals surface area contributed by atoms with Gasteiger partial charge in [-0.25, -0.2) is 0 Å². The topological polar surface area (TPSA) is 29.5 Å².